The van der Waals surface area contributed by atoms with Gasteiger partial charge in [0.15, 0.2) is 0 Å². The lowest BCUT2D eigenvalue weighted by Crippen LogP contribution is -2.26. The number of aromatic nitrogens is 1. The summed E-state index contributed by atoms with van der Waals surface area (Å²) in [4.78, 5) is 4.40. The van der Waals surface area contributed by atoms with Crippen molar-refractivity contribution >= 4 is 22.7 Å². The van der Waals surface area contributed by atoms with E-state index in [-0.39, 0.29) is 0 Å². The first-order chi connectivity index (χ1) is 9.31. The molecular weight excluding hydrogens is 252 g/mol. The normalized spacial score (nSPS) is 12.7. The van der Waals surface area contributed by atoms with Crippen LogP contribution in [0.5, 0.6) is 0 Å². The third-order valence-electron chi connectivity index (χ3n) is 3.28. The van der Waals surface area contributed by atoms with Gasteiger partial charge in [0, 0.05) is 24.2 Å². The predicted molar refractivity (Wildman–Crippen MR) is 85.7 cm³/mol. The highest BCUT2D eigenvalue weighted by Crippen LogP contribution is 2.16. The molecule has 0 aliphatic heterocycles. The number of hydrogen-bond donors (Lipinski definition) is 1. The fourth-order valence-corrected chi connectivity index (χ4v) is 2.91. The highest BCUT2D eigenvalue weighted by atomic mass is 32.2. The molecule has 0 amide bonds. The first-order valence-electron chi connectivity index (χ1n) is 6.95. The zero-order chi connectivity index (χ0) is 13.5. The Balaban J connectivity index is 1.94. The molecule has 1 aromatic carbocycles. The molecule has 3 heteroatoms. The van der Waals surface area contributed by atoms with Crippen molar-refractivity contribution in [3.63, 3.8) is 0 Å². The summed E-state index contributed by atoms with van der Waals surface area (Å²) in [6, 6.07) is 11.0. The number of benzene rings is 1. The summed E-state index contributed by atoms with van der Waals surface area (Å²) < 4.78 is 0. The smallest absolute Gasteiger partial charge is 0.0705 e. The molecule has 1 atom stereocenters. The van der Waals surface area contributed by atoms with E-state index in [1.165, 1.54) is 28.9 Å². The molecule has 2 nitrogen and oxygen atoms in total. The van der Waals surface area contributed by atoms with Gasteiger partial charge in [-0.15, -0.1) is 0 Å². The molecule has 0 aliphatic rings. The molecule has 0 saturated carbocycles. The van der Waals surface area contributed by atoms with Crippen LogP contribution in [0.3, 0.4) is 0 Å². The Morgan fingerprint density at radius 1 is 1.26 bits per heavy atom. The average molecular weight is 274 g/mol. The van der Waals surface area contributed by atoms with Crippen LogP contribution in [-0.4, -0.2) is 22.5 Å². The van der Waals surface area contributed by atoms with Crippen molar-refractivity contribution in [3.8, 4) is 0 Å². The summed E-state index contributed by atoms with van der Waals surface area (Å²) in [7, 11) is 0. The van der Waals surface area contributed by atoms with Crippen molar-refractivity contribution < 1.29 is 0 Å². The Morgan fingerprint density at radius 2 is 2.11 bits per heavy atom. The maximum absolute atomic E-state index is 4.40. The fraction of sp³-hybridized carbons (Fsp3) is 0.438. The average Bonchev–Trinajstić information content (AvgIpc) is 2.45. The van der Waals surface area contributed by atoms with Crippen LogP contribution in [-0.2, 0) is 6.54 Å². The van der Waals surface area contributed by atoms with Crippen molar-refractivity contribution in [1.29, 1.82) is 0 Å². The maximum atomic E-state index is 4.40. The Morgan fingerprint density at radius 3 is 2.95 bits per heavy atom. The minimum atomic E-state index is 0.561. The van der Waals surface area contributed by atoms with E-state index in [4.69, 9.17) is 0 Å². The number of pyridine rings is 1. The first-order valence-corrected chi connectivity index (χ1v) is 8.10. The van der Waals surface area contributed by atoms with Crippen LogP contribution in [0.4, 0.5) is 0 Å². The summed E-state index contributed by atoms with van der Waals surface area (Å²) in [6.45, 7) is 5.40. The van der Waals surface area contributed by atoms with Crippen molar-refractivity contribution in [2.45, 2.75) is 32.9 Å². The lowest BCUT2D eigenvalue weighted by molar-refractivity contribution is 0.538. The molecule has 1 unspecified atom stereocenters. The topological polar surface area (TPSA) is 24.9 Å². The molecule has 0 aliphatic carbocycles. The van der Waals surface area contributed by atoms with Crippen molar-refractivity contribution in [2.75, 3.05) is 11.5 Å². The second kappa shape index (κ2) is 7.51. The van der Waals surface area contributed by atoms with Gasteiger partial charge < -0.3 is 5.32 Å². The minimum Gasteiger partial charge on any atom is -0.310 e. The van der Waals surface area contributed by atoms with Crippen molar-refractivity contribution in [1.82, 2.24) is 10.3 Å². The second-order valence-corrected chi connectivity index (χ2v) is 6.15. The molecule has 0 saturated heterocycles. The Hall–Kier alpha value is -1.06. The molecule has 1 heterocycles. The van der Waals surface area contributed by atoms with Crippen molar-refractivity contribution in [2.24, 2.45) is 0 Å². The molecule has 2 rings (SSSR count). The van der Waals surface area contributed by atoms with Crippen LogP contribution >= 0.6 is 11.8 Å². The van der Waals surface area contributed by atoms with E-state index in [2.05, 4.69) is 48.4 Å². The van der Waals surface area contributed by atoms with Gasteiger partial charge in [-0.05, 0) is 42.5 Å². The van der Waals surface area contributed by atoms with E-state index in [0.717, 1.165) is 12.1 Å². The van der Waals surface area contributed by atoms with Gasteiger partial charge in [-0.2, -0.15) is 11.8 Å². The summed E-state index contributed by atoms with van der Waals surface area (Å²) in [5, 5.41) is 4.87. The Bertz CT molecular complexity index is 508. The third-order valence-corrected chi connectivity index (χ3v) is 4.21. The molecule has 19 heavy (non-hydrogen) atoms. The maximum Gasteiger partial charge on any atom is 0.0705 e. The van der Waals surface area contributed by atoms with E-state index in [1.54, 1.807) is 0 Å². The number of para-hydroxylation sites is 1. The van der Waals surface area contributed by atoms with E-state index >= 15 is 0 Å². The van der Waals surface area contributed by atoms with Gasteiger partial charge in [0.2, 0.25) is 0 Å². The van der Waals surface area contributed by atoms with E-state index in [1.807, 2.05) is 24.0 Å². The number of nitrogens with zero attached hydrogens (tertiary/aromatic N) is 1. The first kappa shape index (κ1) is 14.4. The Labute approximate surface area is 120 Å². The molecule has 102 valence electrons. The van der Waals surface area contributed by atoms with Crippen LogP contribution in [0, 0.1) is 0 Å². The molecule has 0 fully saturated rings. The monoisotopic (exact) mass is 274 g/mol. The van der Waals surface area contributed by atoms with Gasteiger partial charge in [0.05, 0.1) is 5.52 Å². The van der Waals surface area contributed by atoms with Gasteiger partial charge in [-0.1, -0.05) is 25.1 Å². The molecular formula is C16H22N2S. The molecule has 0 spiro atoms. The van der Waals surface area contributed by atoms with Crippen LogP contribution in [0.1, 0.15) is 25.8 Å². The SMILES string of the molecule is CCSCCC(C)NCc1ccnc2ccccc12. The Kier molecular flexibility index (Phi) is 5.67. The van der Waals surface area contributed by atoms with Crippen molar-refractivity contribution in [3.05, 3.63) is 42.1 Å². The van der Waals surface area contributed by atoms with E-state index in [0.29, 0.717) is 6.04 Å². The van der Waals surface area contributed by atoms with Crippen LogP contribution in [0.2, 0.25) is 0 Å². The van der Waals surface area contributed by atoms with Crippen LogP contribution in [0.15, 0.2) is 36.5 Å². The minimum absolute atomic E-state index is 0.561. The standard InChI is InChI=1S/C16H22N2S/c1-3-19-11-9-13(2)18-12-14-8-10-17-16-7-5-4-6-15(14)16/h4-8,10,13,18H,3,9,11-12H2,1-2H3. The quantitative estimate of drug-likeness (QED) is 0.776. The largest absolute Gasteiger partial charge is 0.310 e. The predicted octanol–water partition coefficient (Wildman–Crippen LogP) is 3.86. The number of hydrogen-bond acceptors (Lipinski definition) is 3. The number of rotatable bonds is 7. The molecule has 0 radical (unpaired) electrons. The summed E-state index contributed by atoms with van der Waals surface area (Å²) in [5.74, 6) is 2.45. The highest BCUT2D eigenvalue weighted by Gasteiger charge is 2.04. The number of nitrogens with one attached hydrogen (secondary N) is 1. The van der Waals surface area contributed by atoms with Crippen LogP contribution < -0.4 is 5.32 Å². The fourth-order valence-electron chi connectivity index (χ4n) is 2.10. The lowest BCUT2D eigenvalue weighted by atomic mass is 10.1. The van der Waals surface area contributed by atoms with Crippen LogP contribution in [0.25, 0.3) is 10.9 Å². The van der Waals surface area contributed by atoms with Gasteiger partial charge in [-0.25, -0.2) is 0 Å². The molecule has 1 N–H and O–H groups in total. The molecule has 1 aromatic heterocycles. The lowest BCUT2D eigenvalue weighted by Gasteiger charge is -2.14. The second-order valence-electron chi connectivity index (χ2n) is 4.75. The zero-order valence-corrected chi connectivity index (χ0v) is 12.5. The highest BCUT2D eigenvalue weighted by molar-refractivity contribution is 7.99. The third kappa shape index (κ3) is 4.22. The zero-order valence-electron chi connectivity index (χ0n) is 11.7. The summed E-state index contributed by atoms with van der Waals surface area (Å²) >= 11 is 2.01. The van der Waals surface area contributed by atoms with Gasteiger partial charge in [0.25, 0.3) is 0 Å². The van der Waals surface area contributed by atoms with E-state index in [9.17, 15) is 0 Å². The summed E-state index contributed by atoms with van der Waals surface area (Å²) in [5.41, 5.74) is 2.41. The molecule has 2 aromatic rings. The van der Waals surface area contributed by atoms with Gasteiger partial charge >= 0.3 is 0 Å². The van der Waals surface area contributed by atoms with E-state index < -0.39 is 0 Å². The van der Waals surface area contributed by atoms with Gasteiger partial charge in [0.1, 0.15) is 0 Å². The summed E-state index contributed by atoms with van der Waals surface area (Å²) in [6.07, 6.45) is 3.12. The molecule has 0 bridgehead atoms. The number of fused-ring (bicyclic) bond motifs is 1. The van der Waals surface area contributed by atoms with Gasteiger partial charge in [-0.3, -0.25) is 4.98 Å². The number of thioether (sulfide) groups is 1.